The summed E-state index contributed by atoms with van der Waals surface area (Å²) < 4.78 is 6.89. The van der Waals surface area contributed by atoms with Crippen LogP contribution in [0.1, 0.15) is 55.8 Å². The lowest BCUT2D eigenvalue weighted by Gasteiger charge is -2.25. The zero-order valence-corrected chi connectivity index (χ0v) is 14.5. The number of carbonyl (C=O) groups is 2. The first kappa shape index (κ1) is 17.4. The molecule has 0 aliphatic heterocycles. The molecule has 2 heterocycles. The van der Waals surface area contributed by atoms with Gasteiger partial charge in [-0.15, -0.1) is 0 Å². The predicted octanol–water partition coefficient (Wildman–Crippen LogP) is 2.94. The van der Waals surface area contributed by atoms with Crippen molar-refractivity contribution in [2.45, 2.75) is 58.0 Å². The van der Waals surface area contributed by atoms with Crippen molar-refractivity contribution in [3.8, 4) is 0 Å². The molecule has 0 saturated heterocycles. The molecule has 3 rings (SSSR count). The van der Waals surface area contributed by atoms with Crippen LogP contribution < -0.4 is 5.32 Å². The first-order chi connectivity index (χ1) is 12.2. The summed E-state index contributed by atoms with van der Waals surface area (Å²) in [6, 6.07) is 0.339. The van der Waals surface area contributed by atoms with E-state index in [-0.39, 0.29) is 5.97 Å². The van der Waals surface area contributed by atoms with Gasteiger partial charge in [-0.05, 0) is 19.8 Å². The number of aldehydes is 1. The van der Waals surface area contributed by atoms with Gasteiger partial charge in [-0.3, -0.25) is 0 Å². The number of nitrogens with zero attached hydrogens (tertiary/aromatic N) is 3. The number of aryl methyl sites for hydroxylation is 1. The molecule has 0 unspecified atom stereocenters. The molecule has 1 N–H and O–H groups in total. The second-order valence-electron chi connectivity index (χ2n) is 6.31. The van der Waals surface area contributed by atoms with Crippen LogP contribution >= 0.6 is 0 Å². The van der Waals surface area contributed by atoms with Gasteiger partial charge in [0, 0.05) is 25.2 Å². The van der Waals surface area contributed by atoms with Crippen LogP contribution in [-0.2, 0) is 16.1 Å². The minimum Gasteiger partial charge on any atom is -0.462 e. The minimum absolute atomic E-state index is 0.318. The van der Waals surface area contributed by atoms with Crippen molar-refractivity contribution in [3.63, 3.8) is 0 Å². The first-order valence-corrected chi connectivity index (χ1v) is 8.96. The molecule has 7 heteroatoms. The van der Waals surface area contributed by atoms with Gasteiger partial charge in [0.05, 0.1) is 23.9 Å². The maximum Gasteiger partial charge on any atom is 0.341 e. The lowest BCUT2D eigenvalue weighted by molar-refractivity contribution is -0.108. The number of pyridine rings is 1. The monoisotopic (exact) mass is 344 g/mol. The number of ether oxygens (including phenoxy) is 1. The Morgan fingerprint density at radius 2 is 2.16 bits per heavy atom. The molecule has 2 aromatic rings. The van der Waals surface area contributed by atoms with Crippen molar-refractivity contribution in [2.75, 3.05) is 11.9 Å². The number of aromatic nitrogens is 3. The molecule has 0 radical (unpaired) electrons. The Kier molecular flexibility index (Phi) is 5.63. The molecule has 7 nitrogen and oxygen atoms in total. The van der Waals surface area contributed by atoms with Crippen molar-refractivity contribution in [2.24, 2.45) is 0 Å². The van der Waals surface area contributed by atoms with Crippen LogP contribution in [0.4, 0.5) is 5.69 Å². The molecular formula is C18H24N4O3. The fraction of sp³-hybridized carbons (Fsp3) is 0.556. The molecular weight excluding hydrogens is 320 g/mol. The van der Waals surface area contributed by atoms with E-state index < -0.39 is 0 Å². The fourth-order valence-electron chi connectivity index (χ4n) is 3.34. The van der Waals surface area contributed by atoms with Crippen LogP contribution in [0.15, 0.2) is 12.4 Å². The van der Waals surface area contributed by atoms with E-state index in [1.807, 2.05) is 0 Å². The summed E-state index contributed by atoms with van der Waals surface area (Å²) in [6.07, 6.45) is 10.3. The topological polar surface area (TPSA) is 86.1 Å². The Morgan fingerprint density at radius 1 is 1.36 bits per heavy atom. The summed E-state index contributed by atoms with van der Waals surface area (Å²) in [5, 5.41) is 8.67. The van der Waals surface area contributed by atoms with E-state index in [0.29, 0.717) is 36.8 Å². The Balaban J connectivity index is 2.00. The van der Waals surface area contributed by atoms with Crippen molar-refractivity contribution >= 4 is 29.0 Å². The zero-order valence-electron chi connectivity index (χ0n) is 14.5. The van der Waals surface area contributed by atoms with Gasteiger partial charge in [-0.25, -0.2) is 14.5 Å². The highest BCUT2D eigenvalue weighted by Crippen LogP contribution is 2.30. The van der Waals surface area contributed by atoms with Crippen LogP contribution in [0.3, 0.4) is 0 Å². The van der Waals surface area contributed by atoms with Gasteiger partial charge in [-0.2, -0.15) is 5.10 Å². The highest BCUT2D eigenvalue weighted by molar-refractivity contribution is 6.04. The number of nitrogens with one attached hydrogen (secondary N) is 1. The molecule has 0 atom stereocenters. The van der Waals surface area contributed by atoms with Crippen molar-refractivity contribution in [3.05, 3.63) is 18.0 Å². The first-order valence-electron chi connectivity index (χ1n) is 8.96. The Bertz CT molecular complexity index is 750. The van der Waals surface area contributed by atoms with E-state index in [0.717, 1.165) is 30.2 Å². The third-order valence-electron chi connectivity index (χ3n) is 4.57. The predicted molar refractivity (Wildman–Crippen MR) is 94.7 cm³/mol. The molecule has 1 aliphatic carbocycles. The minimum atomic E-state index is -0.379. The highest BCUT2D eigenvalue weighted by atomic mass is 16.5. The standard InChI is InChI=1S/C18H24N4O3/c1-2-25-18(24)15-11-19-17-14(12-20-22(17)9-6-10-23)16(15)21-13-7-4-3-5-8-13/h10-13H,2-9H2,1H3,(H,19,21). The number of carbonyl (C=O) groups excluding carboxylic acids is 2. The van der Waals surface area contributed by atoms with Crippen molar-refractivity contribution < 1.29 is 14.3 Å². The number of anilines is 1. The van der Waals surface area contributed by atoms with E-state index in [9.17, 15) is 9.59 Å². The Hall–Kier alpha value is -2.44. The van der Waals surface area contributed by atoms with Gasteiger partial charge in [0.25, 0.3) is 0 Å². The van der Waals surface area contributed by atoms with Crippen LogP contribution in [0.2, 0.25) is 0 Å². The summed E-state index contributed by atoms with van der Waals surface area (Å²) in [7, 11) is 0. The van der Waals surface area contributed by atoms with Gasteiger partial charge in [-0.1, -0.05) is 19.3 Å². The maximum absolute atomic E-state index is 12.4. The van der Waals surface area contributed by atoms with Gasteiger partial charge in [0.15, 0.2) is 5.65 Å². The summed E-state index contributed by atoms with van der Waals surface area (Å²) in [6.45, 7) is 2.58. The molecule has 1 aliphatic rings. The normalized spacial score (nSPS) is 15.2. The van der Waals surface area contributed by atoms with Gasteiger partial charge in [0.1, 0.15) is 11.8 Å². The molecule has 25 heavy (non-hydrogen) atoms. The molecule has 1 saturated carbocycles. The summed E-state index contributed by atoms with van der Waals surface area (Å²) in [5.41, 5.74) is 1.86. The smallest absolute Gasteiger partial charge is 0.341 e. The van der Waals surface area contributed by atoms with Crippen LogP contribution in [0.25, 0.3) is 11.0 Å². The largest absolute Gasteiger partial charge is 0.462 e. The summed E-state index contributed by atoms with van der Waals surface area (Å²) in [5.74, 6) is -0.379. The van der Waals surface area contributed by atoms with E-state index in [4.69, 9.17) is 4.74 Å². The van der Waals surface area contributed by atoms with Crippen molar-refractivity contribution in [1.29, 1.82) is 0 Å². The van der Waals surface area contributed by atoms with Crippen LogP contribution in [0.5, 0.6) is 0 Å². The number of fused-ring (bicyclic) bond motifs is 1. The average molecular weight is 344 g/mol. The second-order valence-corrected chi connectivity index (χ2v) is 6.31. The third kappa shape index (κ3) is 3.81. The zero-order chi connectivity index (χ0) is 17.6. The lowest BCUT2D eigenvalue weighted by atomic mass is 9.95. The van der Waals surface area contributed by atoms with E-state index in [1.165, 1.54) is 19.3 Å². The molecule has 0 bridgehead atoms. The van der Waals surface area contributed by atoms with E-state index in [2.05, 4.69) is 15.4 Å². The molecule has 2 aromatic heterocycles. The van der Waals surface area contributed by atoms with Gasteiger partial charge in [0.2, 0.25) is 0 Å². The third-order valence-corrected chi connectivity index (χ3v) is 4.57. The quantitative estimate of drug-likeness (QED) is 0.614. The van der Waals surface area contributed by atoms with Crippen LogP contribution in [0, 0.1) is 0 Å². The summed E-state index contributed by atoms with van der Waals surface area (Å²) in [4.78, 5) is 27.4. The second kappa shape index (κ2) is 8.09. The SMILES string of the molecule is CCOC(=O)c1cnc2c(cnn2CCC=O)c1NC1CCCCC1. The Morgan fingerprint density at radius 3 is 2.88 bits per heavy atom. The molecule has 1 fully saturated rings. The highest BCUT2D eigenvalue weighted by Gasteiger charge is 2.22. The van der Waals surface area contributed by atoms with Gasteiger partial charge < -0.3 is 14.8 Å². The average Bonchev–Trinajstić information content (AvgIpc) is 3.05. The van der Waals surface area contributed by atoms with Gasteiger partial charge >= 0.3 is 5.97 Å². The molecule has 0 amide bonds. The van der Waals surface area contributed by atoms with Crippen LogP contribution in [-0.4, -0.2) is 39.7 Å². The molecule has 0 spiro atoms. The van der Waals surface area contributed by atoms with Crippen molar-refractivity contribution in [1.82, 2.24) is 14.8 Å². The maximum atomic E-state index is 12.4. The number of hydrogen-bond acceptors (Lipinski definition) is 6. The molecule has 0 aromatic carbocycles. The summed E-state index contributed by atoms with van der Waals surface area (Å²) >= 11 is 0. The molecule has 134 valence electrons. The Labute approximate surface area is 146 Å². The lowest BCUT2D eigenvalue weighted by Crippen LogP contribution is -2.24. The number of rotatable bonds is 7. The van der Waals surface area contributed by atoms with E-state index >= 15 is 0 Å². The van der Waals surface area contributed by atoms with E-state index in [1.54, 1.807) is 24.0 Å². The fourth-order valence-corrected chi connectivity index (χ4v) is 3.34. The number of hydrogen-bond donors (Lipinski definition) is 1. The number of esters is 1.